The third kappa shape index (κ3) is 2.41. The van der Waals surface area contributed by atoms with E-state index >= 15 is 0 Å². The smallest absolute Gasteiger partial charge is 0.141 e. The van der Waals surface area contributed by atoms with Gasteiger partial charge in [0.25, 0.3) is 0 Å². The summed E-state index contributed by atoms with van der Waals surface area (Å²) in [7, 11) is 1.65. The molecule has 0 spiro atoms. The van der Waals surface area contributed by atoms with Crippen molar-refractivity contribution in [1.29, 1.82) is 0 Å². The first kappa shape index (κ1) is 12.3. The van der Waals surface area contributed by atoms with Gasteiger partial charge in [0.15, 0.2) is 0 Å². The largest absolute Gasteiger partial charge is 0.488 e. The van der Waals surface area contributed by atoms with Crippen LogP contribution in [0, 0.1) is 5.82 Å². The highest BCUT2D eigenvalue weighted by atomic mass is 79.9. The second kappa shape index (κ2) is 5.02. The van der Waals surface area contributed by atoms with Crippen LogP contribution in [0.15, 0.2) is 22.7 Å². The van der Waals surface area contributed by atoms with Gasteiger partial charge in [-0.15, -0.1) is 0 Å². The molecule has 3 unspecified atom stereocenters. The lowest BCUT2D eigenvalue weighted by Gasteiger charge is -2.40. The fourth-order valence-corrected chi connectivity index (χ4v) is 2.84. The van der Waals surface area contributed by atoms with E-state index in [1.165, 1.54) is 6.07 Å². The van der Waals surface area contributed by atoms with Gasteiger partial charge < -0.3 is 9.47 Å². The highest BCUT2D eigenvalue weighted by molar-refractivity contribution is 9.10. The minimum absolute atomic E-state index is 0.00468. The van der Waals surface area contributed by atoms with Crippen molar-refractivity contribution >= 4 is 31.9 Å². The van der Waals surface area contributed by atoms with Crippen LogP contribution < -0.4 is 4.74 Å². The lowest BCUT2D eigenvalue weighted by Crippen LogP contribution is -2.51. The van der Waals surface area contributed by atoms with Crippen molar-refractivity contribution < 1.29 is 13.9 Å². The minimum Gasteiger partial charge on any atom is -0.488 e. The first-order valence-corrected chi connectivity index (χ1v) is 6.61. The maximum absolute atomic E-state index is 13.2. The molecule has 0 saturated heterocycles. The van der Waals surface area contributed by atoms with E-state index in [0.717, 1.165) is 6.42 Å². The lowest BCUT2D eigenvalue weighted by atomic mass is 9.91. The molecule has 1 aromatic rings. The van der Waals surface area contributed by atoms with E-state index in [1.807, 2.05) is 0 Å². The van der Waals surface area contributed by atoms with Crippen molar-refractivity contribution in [2.24, 2.45) is 0 Å². The van der Waals surface area contributed by atoms with Crippen molar-refractivity contribution in [3.63, 3.8) is 0 Å². The Morgan fingerprint density at radius 2 is 2.19 bits per heavy atom. The molecule has 88 valence electrons. The predicted molar refractivity (Wildman–Crippen MR) is 66.6 cm³/mol. The van der Waals surface area contributed by atoms with Crippen molar-refractivity contribution in [1.82, 2.24) is 0 Å². The van der Waals surface area contributed by atoms with Gasteiger partial charge in [0.1, 0.15) is 23.8 Å². The van der Waals surface area contributed by atoms with Crippen LogP contribution in [0.2, 0.25) is 0 Å². The average molecular weight is 354 g/mol. The van der Waals surface area contributed by atoms with Gasteiger partial charge in [-0.05, 0) is 28.1 Å². The van der Waals surface area contributed by atoms with Crippen LogP contribution in [0.5, 0.6) is 5.75 Å². The number of hydrogen-bond acceptors (Lipinski definition) is 2. The van der Waals surface area contributed by atoms with E-state index in [1.54, 1.807) is 19.2 Å². The maximum Gasteiger partial charge on any atom is 0.141 e. The van der Waals surface area contributed by atoms with Crippen LogP contribution in [0.1, 0.15) is 6.42 Å². The Kier molecular flexibility index (Phi) is 3.87. The highest BCUT2D eigenvalue weighted by Crippen LogP contribution is 2.34. The molecular formula is C11H11Br2FO2. The summed E-state index contributed by atoms with van der Waals surface area (Å²) in [6.07, 6.45) is 0.901. The van der Waals surface area contributed by atoms with Gasteiger partial charge >= 0.3 is 0 Å². The fourth-order valence-electron chi connectivity index (χ4n) is 1.67. The van der Waals surface area contributed by atoms with Crippen LogP contribution in [0.25, 0.3) is 0 Å². The molecule has 0 aliphatic heterocycles. The summed E-state index contributed by atoms with van der Waals surface area (Å²) in [5.74, 6) is 0.216. The Morgan fingerprint density at radius 1 is 1.44 bits per heavy atom. The van der Waals surface area contributed by atoms with Gasteiger partial charge in [0.2, 0.25) is 0 Å². The van der Waals surface area contributed by atoms with E-state index in [9.17, 15) is 4.39 Å². The number of alkyl halides is 1. The van der Waals surface area contributed by atoms with Gasteiger partial charge in [0, 0.05) is 24.4 Å². The van der Waals surface area contributed by atoms with Crippen LogP contribution in [0.3, 0.4) is 0 Å². The molecule has 3 atom stereocenters. The molecule has 0 bridgehead atoms. The molecule has 5 heteroatoms. The van der Waals surface area contributed by atoms with Gasteiger partial charge in [-0.25, -0.2) is 4.39 Å². The van der Waals surface area contributed by atoms with Crippen molar-refractivity contribution in [2.75, 3.05) is 7.11 Å². The normalized spacial score (nSPS) is 28.6. The predicted octanol–water partition coefficient (Wildman–Crippen LogP) is 3.52. The molecule has 1 aliphatic carbocycles. The molecule has 2 nitrogen and oxygen atoms in total. The van der Waals surface area contributed by atoms with Gasteiger partial charge in [0.05, 0.1) is 4.47 Å². The quantitative estimate of drug-likeness (QED) is 0.774. The Hall–Kier alpha value is -0.130. The summed E-state index contributed by atoms with van der Waals surface area (Å²) in [4.78, 5) is 0.322. The molecule has 1 fully saturated rings. The van der Waals surface area contributed by atoms with Crippen LogP contribution >= 0.6 is 31.9 Å². The number of rotatable bonds is 3. The molecule has 0 aromatic heterocycles. The SMILES string of the molecule is COC1C(Br)CC1Oc1ccc(Br)c(F)c1. The number of benzene rings is 1. The molecule has 0 heterocycles. The Bertz CT molecular complexity index is 386. The number of halogens is 3. The molecule has 0 radical (unpaired) electrons. The molecule has 1 saturated carbocycles. The summed E-state index contributed by atoms with van der Waals surface area (Å²) < 4.78 is 24.6. The molecule has 1 aromatic carbocycles. The number of methoxy groups -OCH3 is 1. The Morgan fingerprint density at radius 3 is 2.75 bits per heavy atom. The van der Waals surface area contributed by atoms with E-state index < -0.39 is 0 Å². The molecule has 0 amide bonds. The van der Waals surface area contributed by atoms with Gasteiger partial charge in [-0.1, -0.05) is 15.9 Å². The van der Waals surface area contributed by atoms with Gasteiger partial charge in [-0.2, -0.15) is 0 Å². The summed E-state index contributed by atoms with van der Waals surface area (Å²) in [6.45, 7) is 0. The number of ether oxygens (including phenoxy) is 2. The van der Waals surface area contributed by atoms with Crippen molar-refractivity contribution in [2.45, 2.75) is 23.5 Å². The highest BCUT2D eigenvalue weighted by Gasteiger charge is 2.41. The average Bonchev–Trinajstić information content (AvgIpc) is 2.23. The minimum atomic E-state index is -0.318. The lowest BCUT2D eigenvalue weighted by molar-refractivity contribution is -0.0545. The van der Waals surface area contributed by atoms with Crippen LogP contribution in [-0.4, -0.2) is 24.1 Å². The molecule has 2 rings (SSSR count). The van der Waals surface area contributed by atoms with E-state index in [4.69, 9.17) is 9.47 Å². The molecule has 16 heavy (non-hydrogen) atoms. The second-order valence-corrected chi connectivity index (χ2v) is 5.71. The standard InChI is InChI=1S/C11H11Br2FO2/c1-15-11-8(13)5-10(11)16-6-2-3-7(12)9(14)4-6/h2-4,8,10-11H,5H2,1H3. The van der Waals surface area contributed by atoms with Crippen LogP contribution in [-0.2, 0) is 4.74 Å². The zero-order valence-corrected chi connectivity index (χ0v) is 11.8. The monoisotopic (exact) mass is 352 g/mol. The first-order chi connectivity index (χ1) is 7.61. The fraction of sp³-hybridized carbons (Fsp3) is 0.455. The summed E-state index contributed by atoms with van der Waals surface area (Å²) in [6, 6.07) is 4.75. The number of hydrogen-bond donors (Lipinski definition) is 0. The van der Waals surface area contributed by atoms with E-state index in [0.29, 0.717) is 15.0 Å². The summed E-state index contributed by atoms with van der Waals surface area (Å²) in [5.41, 5.74) is 0. The first-order valence-electron chi connectivity index (χ1n) is 4.90. The zero-order valence-electron chi connectivity index (χ0n) is 8.62. The molecule has 0 N–H and O–H groups in total. The van der Waals surface area contributed by atoms with E-state index in [-0.39, 0.29) is 18.0 Å². The second-order valence-electron chi connectivity index (χ2n) is 3.68. The third-order valence-electron chi connectivity index (χ3n) is 2.63. The molecule has 1 aliphatic rings. The Balaban J connectivity index is 2.02. The molecular weight excluding hydrogens is 343 g/mol. The third-order valence-corrected chi connectivity index (χ3v) is 4.17. The Labute approximate surface area is 110 Å². The van der Waals surface area contributed by atoms with Gasteiger partial charge in [-0.3, -0.25) is 0 Å². The van der Waals surface area contributed by atoms with Crippen LogP contribution in [0.4, 0.5) is 4.39 Å². The van der Waals surface area contributed by atoms with E-state index in [2.05, 4.69) is 31.9 Å². The topological polar surface area (TPSA) is 18.5 Å². The maximum atomic E-state index is 13.2. The summed E-state index contributed by atoms with van der Waals surface area (Å²) in [5, 5.41) is 0. The van der Waals surface area contributed by atoms with Crippen molar-refractivity contribution in [3.05, 3.63) is 28.5 Å². The summed E-state index contributed by atoms with van der Waals surface area (Å²) >= 11 is 6.58. The zero-order chi connectivity index (χ0) is 11.7. The van der Waals surface area contributed by atoms with Crippen molar-refractivity contribution in [3.8, 4) is 5.75 Å².